The van der Waals surface area contributed by atoms with E-state index in [0.29, 0.717) is 24.0 Å². The minimum absolute atomic E-state index is 0.379. The number of hydrogen-bond donors (Lipinski definition) is 2. The monoisotopic (exact) mass is 210 g/mol. The Morgan fingerprint density at radius 3 is 2.40 bits per heavy atom. The molecule has 1 aliphatic heterocycles. The second-order valence-corrected chi connectivity index (χ2v) is 4.29. The fraction of sp³-hybridized carbons (Fsp3) is 0.778. The Morgan fingerprint density at radius 2 is 1.93 bits per heavy atom. The van der Waals surface area contributed by atoms with Crippen LogP contribution in [0.1, 0.15) is 13.8 Å². The van der Waals surface area contributed by atoms with Crippen LogP contribution in [0.4, 0.5) is 11.9 Å². The molecule has 1 aromatic rings. The molecule has 6 heteroatoms. The highest BCUT2D eigenvalue weighted by molar-refractivity contribution is 5.35. The first-order valence-corrected chi connectivity index (χ1v) is 5.22. The van der Waals surface area contributed by atoms with Crippen LogP contribution in [0.25, 0.3) is 0 Å². The molecule has 2 heterocycles. The van der Waals surface area contributed by atoms with Crippen LogP contribution in [-0.4, -0.2) is 52.3 Å². The third-order valence-electron chi connectivity index (χ3n) is 3.13. The summed E-state index contributed by atoms with van der Waals surface area (Å²) in [4.78, 5) is 8.68. The number of nitrogens with one attached hydrogen (secondary N) is 1. The molecule has 84 valence electrons. The molecule has 0 aromatic carbocycles. The van der Waals surface area contributed by atoms with Crippen molar-refractivity contribution in [2.45, 2.75) is 25.9 Å². The van der Waals surface area contributed by atoms with E-state index in [-0.39, 0.29) is 0 Å². The lowest BCUT2D eigenvalue weighted by Crippen LogP contribution is -2.55. The van der Waals surface area contributed by atoms with E-state index in [1.54, 1.807) is 0 Å². The van der Waals surface area contributed by atoms with Gasteiger partial charge in [0.1, 0.15) is 0 Å². The molecule has 1 fully saturated rings. The topological polar surface area (TPSA) is 74.1 Å². The molecular weight excluding hydrogens is 192 g/mol. The predicted octanol–water partition coefficient (Wildman–Crippen LogP) is -0.0843. The van der Waals surface area contributed by atoms with Gasteiger partial charge in [0.2, 0.25) is 11.9 Å². The Hall–Kier alpha value is -1.30. The van der Waals surface area contributed by atoms with Gasteiger partial charge in [0.25, 0.3) is 0 Å². The molecule has 0 radical (unpaired) electrons. The van der Waals surface area contributed by atoms with Gasteiger partial charge in [0.05, 0.1) is 0 Å². The van der Waals surface area contributed by atoms with Crippen LogP contribution in [0.15, 0.2) is 0 Å². The summed E-state index contributed by atoms with van der Waals surface area (Å²) in [7, 11) is 2.15. The number of anilines is 2. The fourth-order valence-corrected chi connectivity index (χ4v) is 1.97. The summed E-state index contributed by atoms with van der Waals surface area (Å²) in [5, 5.41) is 6.75. The average Bonchev–Trinajstić information content (AvgIpc) is 2.60. The molecular formula is C9H18N6. The van der Waals surface area contributed by atoms with Gasteiger partial charge in [0, 0.05) is 25.2 Å². The number of H-pyrrole nitrogens is 1. The Labute approximate surface area is 89.5 Å². The van der Waals surface area contributed by atoms with Gasteiger partial charge in [-0.3, -0.25) is 4.90 Å². The lowest BCUT2D eigenvalue weighted by Gasteiger charge is -2.41. The number of nitrogen functional groups attached to an aromatic ring is 1. The van der Waals surface area contributed by atoms with Crippen LogP contribution in [0, 0.1) is 0 Å². The first-order chi connectivity index (χ1) is 7.08. The number of rotatable bonds is 1. The summed E-state index contributed by atoms with van der Waals surface area (Å²) in [5.41, 5.74) is 5.52. The van der Waals surface area contributed by atoms with Crippen LogP contribution in [0.3, 0.4) is 0 Å². The van der Waals surface area contributed by atoms with Gasteiger partial charge >= 0.3 is 0 Å². The number of hydrogen-bond acceptors (Lipinski definition) is 5. The summed E-state index contributed by atoms with van der Waals surface area (Å²) >= 11 is 0. The van der Waals surface area contributed by atoms with Crippen molar-refractivity contribution in [3.8, 4) is 0 Å². The van der Waals surface area contributed by atoms with E-state index in [1.807, 2.05) is 0 Å². The van der Waals surface area contributed by atoms with E-state index in [0.717, 1.165) is 13.1 Å². The minimum Gasteiger partial charge on any atom is -0.368 e. The molecule has 0 amide bonds. The summed E-state index contributed by atoms with van der Waals surface area (Å²) in [6.45, 7) is 6.30. The van der Waals surface area contributed by atoms with Crippen LogP contribution < -0.4 is 10.6 Å². The number of aromatic amines is 1. The molecule has 0 saturated carbocycles. The molecule has 2 atom stereocenters. The van der Waals surface area contributed by atoms with Crippen molar-refractivity contribution in [1.29, 1.82) is 0 Å². The van der Waals surface area contributed by atoms with Crippen molar-refractivity contribution in [1.82, 2.24) is 20.1 Å². The van der Waals surface area contributed by atoms with Crippen LogP contribution in [0.5, 0.6) is 0 Å². The van der Waals surface area contributed by atoms with E-state index in [1.165, 1.54) is 0 Å². The first-order valence-electron chi connectivity index (χ1n) is 5.22. The Bertz CT molecular complexity index is 323. The van der Waals surface area contributed by atoms with Gasteiger partial charge in [-0.2, -0.15) is 4.98 Å². The quantitative estimate of drug-likeness (QED) is 0.678. The number of aromatic nitrogens is 3. The Morgan fingerprint density at radius 1 is 1.33 bits per heavy atom. The summed E-state index contributed by atoms with van der Waals surface area (Å²) in [5.74, 6) is 1.09. The zero-order valence-electron chi connectivity index (χ0n) is 9.44. The molecule has 1 saturated heterocycles. The lowest BCUT2D eigenvalue weighted by molar-refractivity contribution is 0.169. The number of piperazine rings is 1. The van der Waals surface area contributed by atoms with Crippen molar-refractivity contribution in [3.63, 3.8) is 0 Å². The molecule has 2 rings (SSSR count). The number of nitrogens with two attached hydrogens (primary N) is 1. The van der Waals surface area contributed by atoms with E-state index >= 15 is 0 Å². The van der Waals surface area contributed by atoms with Gasteiger partial charge in [-0.1, -0.05) is 0 Å². The zero-order valence-corrected chi connectivity index (χ0v) is 9.44. The smallest absolute Gasteiger partial charge is 0.246 e. The molecule has 15 heavy (non-hydrogen) atoms. The maximum Gasteiger partial charge on any atom is 0.246 e. The SMILES string of the molecule is CC1CN(c2n[nH]c(N)n2)CC(C)N1C. The van der Waals surface area contributed by atoms with Crippen molar-refractivity contribution in [3.05, 3.63) is 0 Å². The second-order valence-electron chi connectivity index (χ2n) is 4.29. The number of likely N-dealkylation sites (N-methyl/N-ethyl adjacent to an activating group) is 1. The normalized spacial score (nSPS) is 28.3. The predicted molar refractivity (Wildman–Crippen MR) is 59.7 cm³/mol. The van der Waals surface area contributed by atoms with Gasteiger partial charge in [0.15, 0.2) is 0 Å². The van der Waals surface area contributed by atoms with Crippen LogP contribution in [-0.2, 0) is 0 Å². The molecule has 0 spiro atoms. The number of nitrogens with zero attached hydrogens (tertiary/aromatic N) is 4. The standard InChI is InChI=1S/C9H18N6/c1-6-4-15(5-7(2)14(6)3)9-11-8(10)12-13-9/h6-7H,4-5H2,1-3H3,(H3,10,11,12,13). The van der Waals surface area contributed by atoms with Crippen molar-refractivity contribution in [2.75, 3.05) is 30.8 Å². The van der Waals surface area contributed by atoms with E-state index in [4.69, 9.17) is 5.73 Å². The van der Waals surface area contributed by atoms with Gasteiger partial charge in [-0.25, -0.2) is 5.10 Å². The fourth-order valence-electron chi connectivity index (χ4n) is 1.97. The summed E-state index contributed by atoms with van der Waals surface area (Å²) < 4.78 is 0. The molecule has 3 N–H and O–H groups in total. The Balaban J connectivity index is 2.12. The maximum atomic E-state index is 5.52. The maximum absolute atomic E-state index is 5.52. The molecule has 1 aliphatic rings. The summed E-state index contributed by atoms with van der Waals surface area (Å²) in [6.07, 6.45) is 0. The first kappa shape index (κ1) is 10.2. The van der Waals surface area contributed by atoms with Crippen LogP contribution in [0.2, 0.25) is 0 Å². The van der Waals surface area contributed by atoms with Gasteiger partial charge in [-0.15, -0.1) is 5.10 Å². The minimum atomic E-state index is 0.379. The molecule has 2 unspecified atom stereocenters. The molecule has 1 aromatic heterocycles. The second kappa shape index (κ2) is 3.69. The van der Waals surface area contributed by atoms with E-state index in [9.17, 15) is 0 Å². The van der Waals surface area contributed by atoms with Crippen molar-refractivity contribution >= 4 is 11.9 Å². The van der Waals surface area contributed by atoms with Crippen LogP contribution >= 0.6 is 0 Å². The molecule has 0 aliphatic carbocycles. The highest BCUT2D eigenvalue weighted by Gasteiger charge is 2.28. The molecule has 0 bridgehead atoms. The summed E-state index contributed by atoms with van der Waals surface area (Å²) in [6, 6.07) is 1.02. The van der Waals surface area contributed by atoms with Crippen molar-refractivity contribution < 1.29 is 0 Å². The highest BCUT2D eigenvalue weighted by Crippen LogP contribution is 2.17. The third kappa shape index (κ3) is 1.90. The third-order valence-corrected chi connectivity index (χ3v) is 3.13. The zero-order chi connectivity index (χ0) is 11.0. The van der Waals surface area contributed by atoms with E-state index < -0.39 is 0 Å². The molecule has 6 nitrogen and oxygen atoms in total. The highest BCUT2D eigenvalue weighted by atomic mass is 15.4. The largest absolute Gasteiger partial charge is 0.368 e. The van der Waals surface area contributed by atoms with Gasteiger partial charge in [-0.05, 0) is 20.9 Å². The average molecular weight is 210 g/mol. The van der Waals surface area contributed by atoms with Crippen molar-refractivity contribution in [2.24, 2.45) is 0 Å². The van der Waals surface area contributed by atoms with E-state index in [2.05, 4.69) is 45.9 Å². The van der Waals surface area contributed by atoms with Gasteiger partial charge < -0.3 is 10.6 Å². The Kier molecular flexibility index (Phi) is 2.52. The lowest BCUT2D eigenvalue weighted by atomic mass is 10.1.